The number of carbonyl (C=O) groups excluding carboxylic acids is 2. The molecule has 0 bridgehead atoms. The molecular weight excluding hydrogens is 204 g/mol. The Morgan fingerprint density at radius 1 is 1.57 bits per heavy atom. The first-order valence-electron chi connectivity index (χ1n) is 4.35. The van der Waals surface area contributed by atoms with E-state index >= 15 is 0 Å². The summed E-state index contributed by atoms with van der Waals surface area (Å²) in [6.07, 6.45) is 1.46. The predicted molar refractivity (Wildman–Crippen MR) is 55.3 cm³/mol. The van der Waals surface area contributed by atoms with Crippen LogP contribution in [0.4, 0.5) is 0 Å². The highest BCUT2D eigenvalue weighted by Crippen LogP contribution is 2.22. The molecule has 1 unspecified atom stereocenters. The number of esters is 1. The summed E-state index contributed by atoms with van der Waals surface area (Å²) in [6, 6.07) is 0. The van der Waals surface area contributed by atoms with Crippen LogP contribution in [0.2, 0.25) is 0 Å². The minimum atomic E-state index is -1.25. The molecule has 0 rings (SSSR count). The number of allylic oxidation sites excluding steroid dienone is 1. The third-order valence-corrected chi connectivity index (χ3v) is 2.25. The van der Waals surface area contributed by atoms with Gasteiger partial charge in [0.1, 0.15) is 0 Å². The third-order valence-electron chi connectivity index (χ3n) is 1.87. The van der Waals surface area contributed by atoms with Gasteiger partial charge in [0.15, 0.2) is 11.2 Å². The normalized spacial score (nSPS) is 13.1. The maximum atomic E-state index is 11.6. The largest absolute Gasteiger partial charge is 0.465 e. The zero-order chi connectivity index (χ0) is 11.4. The number of carbonyl (C=O) groups is 2. The van der Waals surface area contributed by atoms with Crippen LogP contribution in [0, 0.1) is 5.41 Å². The summed E-state index contributed by atoms with van der Waals surface area (Å²) in [5, 5.41) is -1.25. The van der Waals surface area contributed by atoms with Crippen molar-refractivity contribution in [2.45, 2.75) is 26.1 Å². The van der Waals surface area contributed by atoms with E-state index in [1.54, 1.807) is 20.8 Å². The lowest BCUT2D eigenvalue weighted by Crippen LogP contribution is -2.36. The van der Waals surface area contributed by atoms with Gasteiger partial charge in [-0.1, -0.05) is 6.08 Å². The summed E-state index contributed by atoms with van der Waals surface area (Å²) in [6.45, 7) is 8.68. The highest BCUT2D eigenvalue weighted by molar-refractivity contribution is 6.41. The van der Waals surface area contributed by atoms with E-state index < -0.39 is 22.5 Å². The van der Waals surface area contributed by atoms with Crippen LogP contribution >= 0.6 is 11.6 Å². The van der Waals surface area contributed by atoms with Gasteiger partial charge in [-0.05, 0) is 20.8 Å². The summed E-state index contributed by atoms with van der Waals surface area (Å²) >= 11 is 5.65. The molecule has 80 valence electrons. The van der Waals surface area contributed by atoms with Crippen LogP contribution in [0.5, 0.6) is 0 Å². The topological polar surface area (TPSA) is 43.4 Å². The summed E-state index contributed by atoms with van der Waals surface area (Å²) in [5.41, 5.74) is -0.806. The number of ketones is 1. The molecule has 0 radical (unpaired) electrons. The van der Waals surface area contributed by atoms with Crippen molar-refractivity contribution in [2.75, 3.05) is 6.61 Å². The molecule has 0 saturated carbocycles. The van der Waals surface area contributed by atoms with Crippen LogP contribution in [0.15, 0.2) is 12.7 Å². The molecule has 0 aliphatic carbocycles. The van der Waals surface area contributed by atoms with Crippen LogP contribution in [0.25, 0.3) is 0 Å². The molecule has 0 N–H and O–H groups in total. The molecule has 4 heteroatoms. The Hall–Kier alpha value is -0.830. The lowest BCUT2D eigenvalue weighted by Gasteiger charge is -2.20. The average Bonchev–Trinajstić information content (AvgIpc) is 2.15. The van der Waals surface area contributed by atoms with Gasteiger partial charge >= 0.3 is 5.97 Å². The van der Waals surface area contributed by atoms with Crippen molar-refractivity contribution in [3.8, 4) is 0 Å². The lowest BCUT2D eigenvalue weighted by molar-refractivity contribution is -0.146. The number of alkyl halides is 1. The van der Waals surface area contributed by atoms with Gasteiger partial charge in [-0.25, -0.2) is 4.79 Å². The molecule has 0 aliphatic heterocycles. The Morgan fingerprint density at radius 3 is 2.43 bits per heavy atom. The first kappa shape index (κ1) is 13.2. The fourth-order valence-electron chi connectivity index (χ4n) is 0.750. The van der Waals surface area contributed by atoms with Crippen LogP contribution in [0.3, 0.4) is 0 Å². The number of hydrogen-bond acceptors (Lipinski definition) is 3. The Bertz CT molecular complexity index is 246. The molecule has 0 heterocycles. The van der Waals surface area contributed by atoms with E-state index in [9.17, 15) is 9.59 Å². The van der Waals surface area contributed by atoms with Crippen molar-refractivity contribution in [3.63, 3.8) is 0 Å². The number of ether oxygens (including phenoxy) is 1. The van der Waals surface area contributed by atoms with Crippen molar-refractivity contribution < 1.29 is 14.3 Å². The number of hydrogen-bond donors (Lipinski definition) is 0. The Balaban J connectivity index is 4.54. The van der Waals surface area contributed by atoms with Gasteiger partial charge < -0.3 is 4.74 Å². The van der Waals surface area contributed by atoms with E-state index in [1.807, 2.05) is 0 Å². The van der Waals surface area contributed by atoms with Gasteiger partial charge in [0.25, 0.3) is 0 Å². The molecule has 0 saturated heterocycles. The Labute approximate surface area is 89.1 Å². The maximum Gasteiger partial charge on any atom is 0.331 e. The second-order valence-corrected chi connectivity index (χ2v) is 3.84. The predicted octanol–water partition coefficient (Wildman–Crippen LogP) is 1.94. The van der Waals surface area contributed by atoms with Crippen molar-refractivity contribution in [1.82, 2.24) is 0 Å². The molecular formula is C10H15ClO3. The van der Waals surface area contributed by atoms with E-state index in [-0.39, 0.29) is 6.61 Å². The standard InChI is InChI=1S/C10H15ClO3/c1-5-10(3,4)8(12)7(11)9(13)14-6-2/h5,7H,1,6H2,2-4H3. The number of Topliss-reactive ketones (excluding diaryl/α,β-unsaturated/α-hetero) is 1. The van der Waals surface area contributed by atoms with E-state index in [0.29, 0.717) is 0 Å². The van der Waals surface area contributed by atoms with Gasteiger partial charge in [-0.15, -0.1) is 18.2 Å². The van der Waals surface area contributed by atoms with E-state index in [4.69, 9.17) is 11.6 Å². The van der Waals surface area contributed by atoms with E-state index in [0.717, 1.165) is 0 Å². The molecule has 14 heavy (non-hydrogen) atoms. The minimum absolute atomic E-state index is 0.212. The molecule has 0 aromatic heterocycles. The molecule has 0 fully saturated rings. The summed E-state index contributed by atoms with van der Waals surface area (Å²) < 4.78 is 4.64. The fraction of sp³-hybridized carbons (Fsp3) is 0.600. The zero-order valence-corrected chi connectivity index (χ0v) is 9.43. The van der Waals surface area contributed by atoms with Crippen LogP contribution in [-0.4, -0.2) is 23.7 Å². The minimum Gasteiger partial charge on any atom is -0.465 e. The van der Waals surface area contributed by atoms with Crippen LogP contribution in [0.1, 0.15) is 20.8 Å². The summed E-state index contributed by atoms with van der Waals surface area (Å²) in [4.78, 5) is 22.7. The first-order valence-corrected chi connectivity index (χ1v) is 4.79. The third kappa shape index (κ3) is 3.14. The van der Waals surface area contributed by atoms with Gasteiger partial charge in [0.2, 0.25) is 0 Å². The zero-order valence-electron chi connectivity index (χ0n) is 8.67. The fourth-order valence-corrected chi connectivity index (χ4v) is 1.09. The summed E-state index contributed by atoms with van der Waals surface area (Å²) in [5.74, 6) is -1.10. The van der Waals surface area contributed by atoms with Crippen LogP contribution < -0.4 is 0 Å². The molecule has 0 aromatic rings. The Morgan fingerprint density at radius 2 is 2.07 bits per heavy atom. The molecule has 0 spiro atoms. The number of rotatable bonds is 5. The van der Waals surface area contributed by atoms with Crippen molar-refractivity contribution in [3.05, 3.63) is 12.7 Å². The van der Waals surface area contributed by atoms with Crippen molar-refractivity contribution >= 4 is 23.4 Å². The monoisotopic (exact) mass is 218 g/mol. The summed E-state index contributed by atoms with van der Waals surface area (Å²) in [7, 11) is 0. The van der Waals surface area contributed by atoms with E-state index in [1.165, 1.54) is 6.08 Å². The molecule has 0 aliphatic rings. The maximum absolute atomic E-state index is 11.6. The average molecular weight is 219 g/mol. The van der Waals surface area contributed by atoms with Gasteiger partial charge in [0.05, 0.1) is 6.61 Å². The molecule has 3 nitrogen and oxygen atoms in total. The molecule has 0 amide bonds. The Kier molecular flexibility index (Phi) is 4.85. The molecule has 0 aromatic carbocycles. The van der Waals surface area contributed by atoms with Gasteiger partial charge in [-0.2, -0.15) is 0 Å². The highest BCUT2D eigenvalue weighted by Gasteiger charge is 2.35. The first-order chi connectivity index (χ1) is 6.36. The van der Waals surface area contributed by atoms with E-state index in [2.05, 4.69) is 11.3 Å². The molecule has 1 atom stereocenters. The number of halogens is 1. The van der Waals surface area contributed by atoms with Gasteiger partial charge in [0, 0.05) is 5.41 Å². The lowest BCUT2D eigenvalue weighted by atomic mass is 9.86. The second kappa shape index (κ2) is 5.15. The van der Waals surface area contributed by atoms with Crippen LogP contribution in [-0.2, 0) is 14.3 Å². The quantitative estimate of drug-likeness (QED) is 0.307. The van der Waals surface area contributed by atoms with Crippen molar-refractivity contribution in [1.29, 1.82) is 0 Å². The van der Waals surface area contributed by atoms with Crippen molar-refractivity contribution in [2.24, 2.45) is 5.41 Å². The highest BCUT2D eigenvalue weighted by atomic mass is 35.5. The van der Waals surface area contributed by atoms with Gasteiger partial charge in [-0.3, -0.25) is 4.79 Å². The smallest absolute Gasteiger partial charge is 0.331 e. The second-order valence-electron chi connectivity index (χ2n) is 3.40. The SMILES string of the molecule is C=CC(C)(C)C(=O)C(Cl)C(=O)OCC.